The fourth-order valence-corrected chi connectivity index (χ4v) is 2.39. The van der Waals surface area contributed by atoms with Crippen LogP contribution in [0.4, 0.5) is 14.5 Å². The topological polar surface area (TPSA) is 75.0 Å². The molecule has 1 amide bonds. The number of halogens is 2. The van der Waals surface area contributed by atoms with Crippen molar-refractivity contribution in [1.82, 2.24) is 4.98 Å². The van der Waals surface area contributed by atoms with Crippen LogP contribution < -0.4 is 10.1 Å². The summed E-state index contributed by atoms with van der Waals surface area (Å²) < 4.78 is 28.3. The van der Waals surface area contributed by atoms with Crippen LogP contribution in [0.1, 0.15) is 5.56 Å². The molecule has 0 bridgehead atoms. The number of aromatic nitrogens is 1. The largest absolute Gasteiger partial charge is 0.435 e. The van der Waals surface area contributed by atoms with Gasteiger partial charge in [-0.25, -0.2) is 4.98 Å². The molecule has 0 atom stereocenters. The molecule has 2 aromatic rings. The fourth-order valence-electron chi connectivity index (χ4n) is 1.64. The van der Waals surface area contributed by atoms with E-state index in [1.807, 2.05) is 6.07 Å². The number of pyridine rings is 1. The van der Waals surface area contributed by atoms with Gasteiger partial charge in [-0.2, -0.15) is 14.0 Å². The average Bonchev–Trinajstić information content (AvgIpc) is 2.54. The molecule has 2 rings (SSSR count). The summed E-state index contributed by atoms with van der Waals surface area (Å²) in [6.45, 7) is -2.89. The lowest BCUT2D eigenvalue weighted by atomic mass is 10.3. The number of hydrogen-bond donors (Lipinski definition) is 1. The third kappa shape index (κ3) is 5.23. The number of carbonyl (C=O) groups is 1. The fraction of sp³-hybridized carbons (Fsp3) is 0.133. The van der Waals surface area contributed by atoms with E-state index in [4.69, 9.17) is 5.26 Å². The summed E-state index contributed by atoms with van der Waals surface area (Å²) in [5.74, 6) is -0.215. The quantitative estimate of drug-likeness (QED) is 0.820. The SMILES string of the molecule is N#Cc1cccnc1SCC(=O)Nc1ccc(OC(F)F)cc1. The van der Waals surface area contributed by atoms with Crippen molar-refractivity contribution in [3.63, 3.8) is 0 Å². The van der Waals surface area contributed by atoms with Crippen molar-refractivity contribution in [2.75, 3.05) is 11.1 Å². The lowest BCUT2D eigenvalue weighted by Gasteiger charge is -2.07. The van der Waals surface area contributed by atoms with Crippen LogP contribution in [0.25, 0.3) is 0 Å². The van der Waals surface area contributed by atoms with Crippen molar-refractivity contribution in [3.8, 4) is 11.8 Å². The Kier molecular flexibility index (Phi) is 5.88. The summed E-state index contributed by atoms with van der Waals surface area (Å²) in [6, 6.07) is 10.9. The van der Waals surface area contributed by atoms with Gasteiger partial charge in [0.15, 0.2) is 0 Å². The molecular formula is C15H11F2N3O2S. The van der Waals surface area contributed by atoms with Crippen molar-refractivity contribution in [3.05, 3.63) is 48.2 Å². The molecule has 0 aliphatic rings. The Bertz CT molecular complexity index is 717. The smallest absolute Gasteiger partial charge is 0.387 e. The van der Waals surface area contributed by atoms with E-state index in [0.717, 1.165) is 11.8 Å². The van der Waals surface area contributed by atoms with Crippen LogP contribution in [-0.4, -0.2) is 23.3 Å². The summed E-state index contributed by atoms with van der Waals surface area (Å²) >= 11 is 1.14. The molecule has 1 aromatic carbocycles. The van der Waals surface area contributed by atoms with Gasteiger partial charge in [0.05, 0.1) is 11.3 Å². The first-order valence-corrected chi connectivity index (χ1v) is 7.39. The third-order valence-corrected chi connectivity index (χ3v) is 3.60. The van der Waals surface area contributed by atoms with Crippen molar-refractivity contribution in [2.24, 2.45) is 0 Å². The second-order valence-corrected chi connectivity index (χ2v) is 5.17. The van der Waals surface area contributed by atoms with Crippen LogP contribution in [0.2, 0.25) is 0 Å². The Hall–Kier alpha value is -2.66. The monoisotopic (exact) mass is 335 g/mol. The second-order valence-electron chi connectivity index (χ2n) is 4.21. The molecular weight excluding hydrogens is 324 g/mol. The number of benzene rings is 1. The molecule has 5 nitrogen and oxygen atoms in total. The van der Waals surface area contributed by atoms with Crippen LogP contribution in [0.5, 0.6) is 5.75 Å². The normalized spacial score (nSPS) is 10.2. The molecule has 23 heavy (non-hydrogen) atoms. The third-order valence-electron chi connectivity index (χ3n) is 2.59. The van der Waals surface area contributed by atoms with E-state index in [0.29, 0.717) is 16.3 Å². The maximum atomic E-state index is 12.0. The molecule has 0 saturated heterocycles. The molecule has 1 heterocycles. The van der Waals surface area contributed by atoms with Crippen LogP contribution in [0.15, 0.2) is 47.6 Å². The summed E-state index contributed by atoms with van der Waals surface area (Å²) in [6.07, 6.45) is 1.54. The number of carbonyl (C=O) groups excluding carboxylic acids is 1. The minimum Gasteiger partial charge on any atom is -0.435 e. The van der Waals surface area contributed by atoms with Gasteiger partial charge in [-0.3, -0.25) is 4.79 Å². The maximum absolute atomic E-state index is 12.0. The number of nitrogens with zero attached hydrogens (tertiary/aromatic N) is 2. The molecule has 1 N–H and O–H groups in total. The second kappa shape index (κ2) is 8.10. The molecule has 0 aliphatic carbocycles. The van der Waals surface area contributed by atoms with Crippen molar-refractivity contribution >= 4 is 23.4 Å². The number of amides is 1. The van der Waals surface area contributed by atoms with Gasteiger partial charge in [-0.15, -0.1) is 0 Å². The van der Waals surface area contributed by atoms with E-state index in [1.54, 1.807) is 18.3 Å². The molecule has 118 valence electrons. The van der Waals surface area contributed by atoms with Gasteiger partial charge in [0.1, 0.15) is 16.8 Å². The molecule has 0 spiro atoms. The standard InChI is InChI=1S/C15H11F2N3O2S/c16-15(17)22-12-5-3-11(4-6-12)20-13(21)9-23-14-10(8-18)2-1-7-19-14/h1-7,15H,9H2,(H,20,21). The number of hydrogen-bond acceptors (Lipinski definition) is 5. The van der Waals surface area contributed by atoms with E-state index in [9.17, 15) is 13.6 Å². The zero-order valence-electron chi connectivity index (χ0n) is 11.7. The van der Waals surface area contributed by atoms with Gasteiger partial charge in [0.2, 0.25) is 5.91 Å². The summed E-state index contributed by atoms with van der Waals surface area (Å²) in [4.78, 5) is 15.9. The molecule has 1 aromatic heterocycles. The Morgan fingerprint density at radius 3 is 2.74 bits per heavy atom. The van der Waals surface area contributed by atoms with E-state index >= 15 is 0 Å². The number of nitrogens with one attached hydrogen (secondary N) is 1. The number of alkyl halides is 2. The first-order chi connectivity index (χ1) is 11.1. The molecule has 0 unspecified atom stereocenters. The molecule has 8 heteroatoms. The lowest BCUT2D eigenvalue weighted by Crippen LogP contribution is -2.14. The summed E-state index contributed by atoms with van der Waals surface area (Å²) in [5.41, 5.74) is 0.859. The van der Waals surface area contributed by atoms with Gasteiger partial charge in [0, 0.05) is 11.9 Å². The average molecular weight is 335 g/mol. The van der Waals surface area contributed by atoms with Gasteiger partial charge in [0.25, 0.3) is 0 Å². The van der Waals surface area contributed by atoms with E-state index in [2.05, 4.69) is 15.0 Å². The van der Waals surface area contributed by atoms with Crippen molar-refractivity contribution in [2.45, 2.75) is 11.6 Å². The maximum Gasteiger partial charge on any atom is 0.387 e. The Morgan fingerprint density at radius 2 is 2.09 bits per heavy atom. The van der Waals surface area contributed by atoms with Gasteiger partial charge in [-0.1, -0.05) is 11.8 Å². The zero-order chi connectivity index (χ0) is 16.7. The number of ether oxygens (including phenoxy) is 1. The highest BCUT2D eigenvalue weighted by Crippen LogP contribution is 2.21. The van der Waals surface area contributed by atoms with Crippen LogP contribution in [-0.2, 0) is 4.79 Å². The molecule has 0 fully saturated rings. The molecule has 0 aliphatic heterocycles. The number of anilines is 1. The number of nitriles is 1. The van der Waals surface area contributed by atoms with Crippen molar-refractivity contribution in [1.29, 1.82) is 5.26 Å². The number of thioether (sulfide) groups is 1. The highest BCUT2D eigenvalue weighted by molar-refractivity contribution is 8.00. The van der Waals surface area contributed by atoms with Gasteiger partial charge < -0.3 is 10.1 Å². The lowest BCUT2D eigenvalue weighted by molar-refractivity contribution is -0.113. The van der Waals surface area contributed by atoms with Gasteiger partial charge in [-0.05, 0) is 36.4 Å². The van der Waals surface area contributed by atoms with Crippen LogP contribution in [0, 0.1) is 11.3 Å². The van der Waals surface area contributed by atoms with E-state index < -0.39 is 6.61 Å². The highest BCUT2D eigenvalue weighted by Gasteiger charge is 2.09. The van der Waals surface area contributed by atoms with E-state index in [-0.39, 0.29) is 17.4 Å². The zero-order valence-corrected chi connectivity index (χ0v) is 12.5. The Balaban J connectivity index is 1.88. The molecule has 0 radical (unpaired) electrons. The van der Waals surface area contributed by atoms with Crippen LogP contribution >= 0.6 is 11.8 Å². The first kappa shape index (κ1) is 16.7. The predicted octanol–water partition coefficient (Wildman–Crippen LogP) is 3.29. The highest BCUT2D eigenvalue weighted by atomic mass is 32.2. The minimum absolute atomic E-state index is 0.0134. The summed E-state index contributed by atoms with van der Waals surface area (Å²) in [7, 11) is 0. The predicted molar refractivity (Wildman–Crippen MR) is 81.4 cm³/mol. The molecule has 0 saturated carbocycles. The summed E-state index contributed by atoms with van der Waals surface area (Å²) in [5, 5.41) is 12.0. The number of rotatable bonds is 6. The Labute approximate surface area is 135 Å². The van der Waals surface area contributed by atoms with Crippen molar-refractivity contribution < 1.29 is 18.3 Å². The van der Waals surface area contributed by atoms with Crippen LogP contribution in [0.3, 0.4) is 0 Å². The Morgan fingerprint density at radius 1 is 1.35 bits per heavy atom. The van der Waals surface area contributed by atoms with Gasteiger partial charge >= 0.3 is 6.61 Å². The van der Waals surface area contributed by atoms with E-state index in [1.165, 1.54) is 24.3 Å². The minimum atomic E-state index is -2.89. The first-order valence-electron chi connectivity index (χ1n) is 6.41.